The van der Waals surface area contributed by atoms with Gasteiger partial charge in [0.25, 0.3) is 0 Å². The van der Waals surface area contributed by atoms with Gasteiger partial charge >= 0.3 is 0 Å². The normalized spacial score (nSPS) is 11.5. The van der Waals surface area contributed by atoms with Crippen LogP contribution < -0.4 is 5.73 Å². The number of aliphatic hydroxyl groups excluding tert-OH is 1. The Kier molecular flexibility index (Phi) is 35.0. The maximum Gasteiger partial charge on any atom is 0.0701 e. The van der Waals surface area contributed by atoms with Crippen LogP contribution in [0.4, 0.5) is 0 Å². The molecule has 0 spiro atoms. The molecule has 0 amide bonds. The Morgan fingerprint density at radius 3 is 0.595 bits per heavy atom. The first-order chi connectivity index (χ1) is 18.4. The number of rotatable bonds is 34. The summed E-state index contributed by atoms with van der Waals surface area (Å²) in [6.07, 6.45) is 0. The summed E-state index contributed by atoms with van der Waals surface area (Å²) in [5.74, 6) is 0. The van der Waals surface area contributed by atoms with Crippen molar-refractivity contribution in [2.75, 3.05) is 159 Å². The zero-order valence-electron chi connectivity index (χ0n) is 22.5. The minimum Gasteiger partial charge on any atom is -0.394 e. The Morgan fingerprint density at radius 1 is 0.270 bits per heavy atom. The lowest BCUT2D eigenvalue weighted by atomic mass is 10.6. The highest BCUT2D eigenvalue weighted by molar-refractivity contribution is 4.39. The summed E-state index contributed by atoms with van der Waals surface area (Å²) in [5, 5.41) is 8.56. The molecular weight excluding hydrogens is 494 g/mol. The van der Waals surface area contributed by atoms with Gasteiger partial charge in [0.05, 0.1) is 152 Å². The summed E-state index contributed by atoms with van der Waals surface area (Å²) in [6, 6.07) is 0. The maximum absolute atomic E-state index is 8.56. The molecule has 0 heterocycles. The Labute approximate surface area is 222 Å². The maximum atomic E-state index is 8.56. The van der Waals surface area contributed by atoms with Crippen molar-refractivity contribution < 1.29 is 57.2 Å². The van der Waals surface area contributed by atoms with Crippen LogP contribution in [0.15, 0.2) is 0 Å². The van der Waals surface area contributed by atoms with E-state index in [1.54, 1.807) is 0 Å². The van der Waals surface area contributed by atoms with Crippen LogP contribution in [0.1, 0.15) is 0 Å². The summed E-state index contributed by atoms with van der Waals surface area (Å²) >= 11 is 0. The van der Waals surface area contributed by atoms with E-state index in [0.717, 1.165) is 0 Å². The van der Waals surface area contributed by atoms with Crippen LogP contribution in [-0.2, 0) is 52.1 Å². The molecule has 0 saturated heterocycles. The summed E-state index contributed by atoms with van der Waals surface area (Å²) < 4.78 is 58.9. The van der Waals surface area contributed by atoms with E-state index in [2.05, 4.69) is 0 Å². The van der Waals surface area contributed by atoms with Gasteiger partial charge in [0.15, 0.2) is 0 Å². The third-order valence-corrected chi connectivity index (χ3v) is 4.22. The molecule has 0 aliphatic carbocycles. The quantitative estimate of drug-likeness (QED) is 0.0965. The van der Waals surface area contributed by atoms with Gasteiger partial charge < -0.3 is 62.9 Å². The van der Waals surface area contributed by atoms with Crippen molar-refractivity contribution >= 4 is 0 Å². The van der Waals surface area contributed by atoms with E-state index in [9.17, 15) is 0 Å². The fraction of sp³-hybridized carbons (Fsp3) is 1.00. The smallest absolute Gasteiger partial charge is 0.0701 e. The lowest BCUT2D eigenvalue weighted by molar-refractivity contribution is -0.0277. The third-order valence-electron chi connectivity index (χ3n) is 4.22. The molecule has 0 rings (SSSR count). The first-order valence-corrected chi connectivity index (χ1v) is 13.1. The number of hydrogen-bond acceptors (Lipinski definition) is 13. The molecule has 37 heavy (non-hydrogen) atoms. The van der Waals surface area contributed by atoms with Gasteiger partial charge in [-0.15, -0.1) is 0 Å². The van der Waals surface area contributed by atoms with Crippen LogP contribution in [0, 0.1) is 0 Å². The molecule has 0 fully saturated rings. The predicted molar refractivity (Wildman–Crippen MR) is 135 cm³/mol. The summed E-state index contributed by atoms with van der Waals surface area (Å²) in [4.78, 5) is 0. The van der Waals surface area contributed by atoms with E-state index in [4.69, 9.17) is 62.9 Å². The Bertz CT molecular complexity index is 365. The van der Waals surface area contributed by atoms with Gasteiger partial charge in [-0.1, -0.05) is 0 Å². The van der Waals surface area contributed by atoms with Gasteiger partial charge in [-0.2, -0.15) is 0 Å². The molecule has 0 aromatic carbocycles. The van der Waals surface area contributed by atoms with Crippen LogP contribution >= 0.6 is 0 Å². The highest BCUT2D eigenvalue weighted by Gasteiger charge is 1.96. The van der Waals surface area contributed by atoms with Crippen LogP contribution in [0.25, 0.3) is 0 Å². The summed E-state index contributed by atoms with van der Waals surface area (Å²) in [6.45, 7) is 11.7. The molecule has 0 aromatic rings. The molecule has 224 valence electrons. The van der Waals surface area contributed by atoms with E-state index in [1.165, 1.54) is 0 Å². The second kappa shape index (κ2) is 35.5. The molecule has 0 aliphatic heterocycles. The van der Waals surface area contributed by atoms with Crippen molar-refractivity contribution in [3.8, 4) is 0 Å². The number of ether oxygens (including phenoxy) is 11. The topological polar surface area (TPSA) is 148 Å². The summed E-state index contributed by atoms with van der Waals surface area (Å²) in [5.41, 5.74) is 5.32. The Balaban J connectivity index is 3.00. The minimum atomic E-state index is 0.0268. The van der Waals surface area contributed by atoms with Gasteiger partial charge in [-0.3, -0.25) is 0 Å². The second-order valence-electron chi connectivity index (χ2n) is 7.25. The molecule has 13 heteroatoms. The first-order valence-electron chi connectivity index (χ1n) is 13.1. The molecule has 0 aromatic heterocycles. The fourth-order valence-electron chi connectivity index (χ4n) is 2.45. The van der Waals surface area contributed by atoms with E-state index in [-0.39, 0.29) is 6.61 Å². The zero-order valence-corrected chi connectivity index (χ0v) is 22.5. The van der Waals surface area contributed by atoms with Crippen LogP contribution in [-0.4, -0.2) is 164 Å². The molecule has 13 nitrogen and oxygen atoms in total. The fourth-order valence-corrected chi connectivity index (χ4v) is 2.45. The number of aliphatic hydroxyl groups is 1. The van der Waals surface area contributed by atoms with Gasteiger partial charge in [-0.05, 0) is 0 Å². The lowest BCUT2D eigenvalue weighted by Crippen LogP contribution is -2.15. The SMILES string of the molecule is NCCOCCOCCOCCOCCOCCOCCOCCOCCOCCOCCOCCO. The Hall–Kier alpha value is -0.520. The van der Waals surface area contributed by atoms with E-state index < -0.39 is 0 Å². The standard InChI is InChI=1S/C24H51NO12/c25-1-3-27-5-7-29-9-11-31-13-15-33-17-19-35-21-23-37-24-22-36-20-18-34-16-14-32-12-10-30-8-6-28-4-2-26/h26H,1-25H2. The largest absolute Gasteiger partial charge is 0.394 e. The molecule has 0 unspecified atom stereocenters. The Morgan fingerprint density at radius 2 is 0.432 bits per heavy atom. The van der Waals surface area contributed by atoms with Crippen molar-refractivity contribution in [3.63, 3.8) is 0 Å². The zero-order chi connectivity index (χ0) is 26.7. The highest BCUT2D eigenvalue weighted by atomic mass is 16.6. The van der Waals surface area contributed by atoms with E-state index in [1.807, 2.05) is 0 Å². The molecule has 0 radical (unpaired) electrons. The lowest BCUT2D eigenvalue weighted by Gasteiger charge is -2.09. The molecular formula is C24H51NO12. The van der Waals surface area contributed by atoms with E-state index >= 15 is 0 Å². The van der Waals surface area contributed by atoms with Crippen LogP contribution in [0.3, 0.4) is 0 Å². The third kappa shape index (κ3) is 35.5. The second-order valence-corrected chi connectivity index (χ2v) is 7.25. The number of hydrogen-bond donors (Lipinski definition) is 2. The van der Waals surface area contributed by atoms with E-state index in [0.29, 0.717) is 152 Å². The summed E-state index contributed by atoms with van der Waals surface area (Å²) in [7, 11) is 0. The van der Waals surface area contributed by atoms with Gasteiger partial charge in [0.2, 0.25) is 0 Å². The van der Waals surface area contributed by atoms with Crippen molar-refractivity contribution in [3.05, 3.63) is 0 Å². The number of nitrogens with two attached hydrogens (primary N) is 1. The molecule has 0 aliphatic rings. The van der Waals surface area contributed by atoms with Crippen molar-refractivity contribution in [2.45, 2.75) is 0 Å². The minimum absolute atomic E-state index is 0.0268. The van der Waals surface area contributed by atoms with Crippen LogP contribution in [0.2, 0.25) is 0 Å². The van der Waals surface area contributed by atoms with Crippen molar-refractivity contribution in [2.24, 2.45) is 5.73 Å². The predicted octanol–water partition coefficient (Wildman–Crippen LogP) is -0.880. The van der Waals surface area contributed by atoms with Crippen molar-refractivity contribution in [1.29, 1.82) is 0 Å². The monoisotopic (exact) mass is 545 g/mol. The van der Waals surface area contributed by atoms with Gasteiger partial charge in [-0.25, -0.2) is 0 Å². The van der Waals surface area contributed by atoms with Gasteiger partial charge in [0.1, 0.15) is 0 Å². The first kappa shape index (κ1) is 36.5. The molecule has 0 atom stereocenters. The highest BCUT2D eigenvalue weighted by Crippen LogP contribution is 1.86. The van der Waals surface area contributed by atoms with Crippen LogP contribution in [0.5, 0.6) is 0 Å². The average molecular weight is 546 g/mol. The molecule has 0 saturated carbocycles. The van der Waals surface area contributed by atoms with Crippen molar-refractivity contribution in [1.82, 2.24) is 0 Å². The van der Waals surface area contributed by atoms with Gasteiger partial charge in [0, 0.05) is 6.54 Å². The average Bonchev–Trinajstić information content (AvgIpc) is 2.91. The molecule has 0 bridgehead atoms. The molecule has 3 N–H and O–H groups in total.